The number of hydrazine groups is 1. The molecular formula is C22H21N3O3. The van der Waals surface area contributed by atoms with Gasteiger partial charge in [0, 0.05) is 22.0 Å². The molecule has 0 saturated heterocycles. The van der Waals surface area contributed by atoms with Crippen molar-refractivity contribution >= 4 is 27.7 Å². The molecule has 1 aromatic heterocycles. The molecule has 0 aliphatic heterocycles. The minimum absolute atomic E-state index is 0.360. The van der Waals surface area contributed by atoms with E-state index in [-0.39, 0.29) is 5.91 Å². The lowest BCUT2D eigenvalue weighted by atomic mass is 10.0. The Morgan fingerprint density at radius 3 is 2.39 bits per heavy atom. The van der Waals surface area contributed by atoms with Gasteiger partial charge in [-0.05, 0) is 43.3 Å². The van der Waals surface area contributed by atoms with Crippen LogP contribution in [-0.4, -0.2) is 24.7 Å². The summed E-state index contributed by atoms with van der Waals surface area (Å²) in [5.74, 6) is 6.51. The van der Waals surface area contributed by atoms with Crippen molar-refractivity contribution in [2.24, 2.45) is 5.84 Å². The number of aromatic nitrogens is 1. The number of ether oxygens (including phenoxy) is 2. The molecule has 1 heterocycles. The highest BCUT2D eigenvalue weighted by Crippen LogP contribution is 2.39. The fourth-order valence-corrected chi connectivity index (χ4v) is 3.76. The molecule has 0 bridgehead atoms. The van der Waals surface area contributed by atoms with E-state index >= 15 is 0 Å². The molecule has 142 valence electrons. The fourth-order valence-electron chi connectivity index (χ4n) is 3.76. The van der Waals surface area contributed by atoms with Crippen LogP contribution in [0.4, 0.5) is 0 Å². The van der Waals surface area contributed by atoms with Crippen LogP contribution in [0.25, 0.3) is 27.5 Å². The van der Waals surface area contributed by atoms with Gasteiger partial charge in [0.1, 0.15) is 11.5 Å². The quantitative estimate of drug-likeness (QED) is 0.324. The minimum Gasteiger partial charge on any atom is -0.497 e. The van der Waals surface area contributed by atoms with Gasteiger partial charge < -0.3 is 14.0 Å². The molecule has 0 spiro atoms. The van der Waals surface area contributed by atoms with E-state index in [2.05, 4.69) is 9.99 Å². The lowest BCUT2D eigenvalue weighted by molar-refractivity contribution is 0.0955. The highest BCUT2D eigenvalue weighted by Gasteiger charge is 2.22. The second-order valence-corrected chi connectivity index (χ2v) is 6.50. The molecule has 3 N–H and O–H groups in total. The summed E-state index contributed by atoms with van der Waals surface area (Å²) >= 11 is 0. The van der Waals surface area contributed by atoms with Crippen molar-refractivity contribution < 1.29 is 14.3 Å². The first-order valence-electron chi connectivity index (χ1n) is 8.86. The molecule has 0 aliphatic carbocycles. The van der Waals surface area contributed by atoms with E-state index in [0.717, 1.165) is 38.8 Å². The minimum atomic E-state index is -0.360. The number of aryl methyl sites for hydroxylation is 1. The summed E-state index contributed by atoms with van der Waals surface area (Å²) in [5, 5.41) is 1.81. The van der Waals surface area contributed by atoms with Crippen LogP contribution < -0.4 is 20.7 Å². The second kappa shape index (κ2) is 6.90. The van der Waals surface area contributed by atoms with Crippen LogP contribution in [0.2, 0.25) is 0 Å². The number of para-hydroxylation sites is 1. The summed E-state index contributed by atoms with van der Waals surface area (Å²) in [6, 6.07) is 17.5. The van der Waals surface area contributed by atoms with Crippen molar-refractivity contribution in [1.82, 2.24) is 9.99 Å². The number of nitrogen functional groups attached to an aromatic ring is 1. The van der Waals surface area contributed by atoms with Crippen LogP contribution >= 0.6 is 0 Å². The average molecular weight is 375 g/mol. The number of nitrogens with two attached hydrogens (primary N) is 1. The van der Waals surface area contributed by atoms with E-state index < -0.39 is 0 Å². The molecule has 0 radical (unpaired) electrons. The van der Waals surface area contributed by atoms with Crippen molar-refractivity contribution in [2.45, 2.75) is 6.92 Å². The van der Waals surface area contributed by atoms with Crippen molar-refractivity contribution in [2.75, 3.05) is 14.2 Å². The van der Waals surface area contributed by atoms with E-state index in [4.69, 9.17) is 15.3 Å². The number of hydrogen-bond acceptors (Lipinski definition) is 4. The number of hydrogen-bond donors (Lipinski definition) is 2. The third-order valence-corrected chi connectivity index (χ3v) is 5.07. The van der Waals surface area contributed by atoms with Crippen molar-refractivity contribution in [3.05, 3.63) is 65.7 Å². The summed E-state index contributed by atoms with van der Waals surface area (Å²) < 4.78 is 13.0. The van der Waals surface area contributed by atoms with E-state index in [0.29, 0.717) is 11.3 Å². The highest BCUT2D eigenvalue weighted by molar-refractivity contribution is 6.20. The Labute approximate surface area is 162 Å². The number of rotatable bonds is 4. The maximum atomic E-state index is 12.6. The number of amides is 1. The predicted octanol–water partition coefficient (Wildman–Crippen LogP) is 3.71. The summed E-state index contributed by atoms with van der Waals surface area (Å²) in [4.78, 5) is 12.6. The van der Waals surface area contributed by atoms with Gasteiger partial charge >= 0.3 is 0 Å². The summed E-state index contributed by atoms with van der Waals surface area (Å²) in [6.45, 7) is 1.99. The number of carbonyl (C=O) groups excluding carboxylic acids is 1. The highest BCUT2D eigenvalue weighted by atomic mass is 16.5. The Hall–Kier alpha value is -3.51. The summed E-state index contributed by atoms with van der Waals surface area (Å²) in [6.07, 6.45) is 0. The largest absolute Gasteiger partial charge is 0.497 e. The molecule has 0 saturated carbocycles. The second-order valence-electron chi connectivity index (χ2n) is 6.50. The molecule has 28 heavy (non-hydrogen) atoms. The number of nitrogens with zero attached hydrogens (tertiary/aromatic N) is 1. The molecule has 6 nitrogen and oxygen atoms in total. The van der Waals surface area contributed by atoms with Crippen LogP contribution in [0, 0.1) is 6.92 Å². The van der Waals surface area contributed by atoms with Crippen LogP contribution in [0.3, 0.4) is 0 Å². The third-order valence-electron chi connectivity index (χ3n) is 5.07. The first-order valence-corrected chi connectivity index (χ1v) is 8.86. The van der Waals surface area contributed by atoms with Crippen molar-refractivity contribution in [3.63, 3.8) is 0 Å². The normalized spacial score (nSPS) is 11.0. The number of methoxy groups -OCH3 is 2. The Bertz CT molecular complexity index is 1190. The summed E-state index contributed by atoms with van der Waals surface area (Å²) in [5.41, 5.74) is 6.53. The van der Waals surface area contributed by atoms with Gasteiger partial charge in [-0.3, -0.25) is 10.2 Å². The van der Waals surface area contributed by atoms with Gasteiger partial charge in [-0.25, -0.2) is 5.84 Å². The summed E-state index contributed by atoms with van der Waals surface area (Å²) in [7, 11) is 3.24. The number of benzene rings is 3. The molecular weight excluding hydrogens is 354 g/mol. The average Bonchev–Trinajstić information content (AvgIpc) is 3.09. The smallest absolute Gasteiger partial charge is 0.266 e. The Morgan fingerprint density at radius 1 is 1.04 bits per heavy atom. The van der Waals surface area contributed by atoms with Gasteiger partial charge in [0.15, 0.2) is 0 Å². The zero-order chi connectivity index (χ0) is 19.8. The Morgan fingerprint density at radius 2 is 1.75 bits per heavy atom. The third kappa shape index (κ3) is 2.58. The molecule has 3 aromatic carbocycles. The van der Waals surface area contributed by atoms with Gasteiger partial charge in [0.25, 0.3) is 5.91 Å². The van der Waals surface area contributed by atoms with Crippen molar-refractivity contribution in [1.29, 1.82) is 0 Å². The van der Waals surface area contributed by atoms with Crippen LogP contribution in [0.5, 0.6) is 11.5 Å². The molecule has 1 amide bonds. The number of nitrogens with one attached hydrogen (secondary N) is 1. The Kier molecular flexibility index (Phi) is 4.41. The molecule has 4 aromatic rings. The molecule has 6 heteroatoms. The van der Waals surface area contributed by atoms with E-state index in [1.165, 1.54) is 0 Å². The number of carbonyl (C=O) groups is 1. The van der Waals surface area contributed by atoms with E-state index in [1.54, 1.807) is 20.3 Å². The lowest BCUT2D eigenvalue weighted by Gasteiger charge is -2.14. The number of fused-ring (bicyclic) bond motifs is 3. The monoisotopic (exact) mass is 375 g/mol. The van der Waals surface area contributed by atoms with Gasteiger partial charge in [0.05, 0.1) is 30.8 Å². The molecule has 0 aliphatic rings. The molecule has 0 unspecified atom stereocenters. The van der Waals surface area contributed by atoms with Gasteiger partial charge in [-0.1, -0.05) is 18.2 Å². The topological polar surface area (TPSA) is 78.5 Å². The maximum absolute atomic E-state index is 12.6. The van der Waals surface area contributed by atoms with E-state index in [1.807, 2.05) is 55.5 Å². The fraction of sp³-hybridized carbons (Fsp3) is 0.136. The SMILES string of the molecule is COc1ccc(-n2c3ccccc3c3c(C(=O)NN)cc(OC)c(C)c32)cc1. The molecule has 0 fully saturated rings. The van der Waals surface area contributed by atoms with Crippen LogP contribution in [0.1, 0.15) is 15.9 Å². The standard InChI is InChI=1S/C22H21N3O3/c1-13-19(28-3)12-17(22(26)24-23)20-16-6-4-5-7-18(16)25(21(13)20)14-8-10-15(27-2)11-9-14/h4-12H,23H2,1-3H3,(H,24,26). The van der Waals surface area contributed by atoms with Gasteiger partial charge in [-0.2, -0.15) is 0 Å². The zero-order valence-corrected chi connectivity index (χ0v) is 15.9. The van der Waals surface area contributed by atoms with E-state index in [9.17, 15) is 4.79 Å². The predicted molar refractivity (Wildman–Crippen MR) is 110 cm³/mol. The lowest BCUT2D eigenvalue weighted by Crippen LogP contribution is -2.30. The first kappa shape index (κ1) is 17.9. The zero-order valence-electron chi connectivity index (χ0n) is 15.9. The van der Waals surface area contributed by atoms with Crippen molar-refractivity contribution in [3.8, 4) is 17.2 Å². The van der Waals surface area contributed by atoms with Crippen LogP contribution in [-0.2, 0) is 0 Å². The first-order chi connectivity index (χ1) is 13.6. The molecule has 4 rings (SSSR count). The maximum Gasteiger partial charge on any atom is 0.266 e. The Balaban J connectivity index is 2.20. The van der Waals surface area contributed by atoms with Gasteiger partial charge in [0.2, 0.25) is 0 Å². The van der Waals surface area contributed by atoms with Crippen LogP contribution in [0.15, 0.2) is 54.6 Å². The van der Waals surface area contributed by atoms with Gasteiger partial charge in [-0.15, -0.1) is 0 Å². The molecule has 0 atom stereocenters.